The molecule has 40 heavy (non-hydrogen) atoms. The number of aromatic nitrogens is 1. The molecule has 0 saturated carbocycles. The summed E-state index contributed by atoms with van der Waals surface area (Å²) in [6, 6.07) is 16.1. The number of ether oxygens (including phenoxy) is 1. The van der Waals surface area contributed by atoms with E-state index in [1.165, 1.54) is 30.3 Å². The number of carbonyl (C=O) groups is 1. The van der Waals surface area contributed by atoms with E-state index in [0.717, 1.165) is 18.3 Å². The first-order valence-corrected chi connectivity index (χ1v) is 11.8. The van der Waals surface area contributed by atoms with Crippen LogP contribution in [-0.2, 0) is 30.4 Å². The minimum atomic E-state index is -5.16. The smallest absolute Gasteiger partial charge is 0.489 e. The fourth-order valence-corrected chi connectivity index (χ4v) is 4.26. The van der Waals surface area contributed by atoms with Crippen LogP contribution >= 0.6 is 0 Å². The molecule has 0 spiro atoms. The summed E-state index contributed by atoms with van der Waals surface area (Å²) in [5, 5.41) is 10.1. The van der Waals surface area contributed by atoms with Gasteiger partial charge in [0.25, 0.3) is 0 Å². The standard InChI is InChI=1S/C28H21F6N3O3/c29-27(30,31)21-3-1-2-17(12-21)13-24-20(5-4-19(15-36)23(24)8-10-35)16-39-22-6-7-25-18(14-22)9-11-37(25)40-26(38)28(32,33)34/h1-7,9,11-12,14H,8,10,13,16,35H2. The van der Waals surface area contributed by atoms with Crippen molar-refractivity contribution in [1.29, 1.82) is 5.26 Å². The molecule has 0 atom stereocenters. The lowest BCUT2D eigenvalue weighted by Gasteiger charge is -2.18. The average Bonchev–Trinajstić information content (AvgIpc) is 3.29. The first kappa shape index (κ1) is 28.5. The number of halogens is 6. The normalized spacial score (nSPS) is 11.8. The molecule has 0 amide bonds. The second-order valence-corrected chi connectivity index (χ2v) is 8.78. The Hall–Kier alpha value is -4.50. The van der Waals surface area contributed by atoms with Gasteiger partial charge in [-0.25, -0.2) is 4.79 Å². The molecule has 0 aliphatic heterocycles. The highest BCUT2D eigenvalue weighted by Gasteiger charge is 2.42. The van der Waals surface area contributed by atoms with E-state index < -0.39 is 23.9 Å². The van der Waals surface area contributed by atoms with Crippen LogP contribution in [0.2, 0.25) is 0 Å². The van der Waals surface area contributed by atoms with Crippen molar-refractivity contribution in [3.8, 4) is 11.8 Å². The van der Waals surface area contributed by atoms with Gasteiger partial charge in [-0.15, -0.1) is 0 Å². The van der Waals surface area contributed by atoms with E-state index in [9.17, 15) is 36.4 Å². The predicted octanol–water partition coefficient (Wildman–Crippen LogP) is 5.72. The van der Waals surface area contributed by atoms with Gasteiger partial charge in [0.15, 0.2) is 0 Å². The molecule has 0 unspecified atom stereocenters. The van der Waals surface area contributed by atoms with Gasteiger partial charge in [-0.1, -0.05) is 24.3 Å². The van der Waals surface area contributed by atoms with Gasteiger partial charge in [-0.3, -0.25) is 0 Å². The number of nitriles is 1. The van der Waals surface area contributed by atoms with Crippen molar-refractivity contribution >= 4 is 16.9 Å². The fourth-order valence-electron chi connectivity index (χ4n) is 4.26. The summed E-state index contributed by atoms with van der Waals surface area (Å²) < 4.78 is 84.1. The zero-order chi connectivity index (χ0) is 29.1. The second kappa shape index (κ2) is 11.3. The molecular formula is C28H21F6N3O3. The molecule has 3 aromatic carbocycles. The van der Waals surface area contributed by atoms with Gasteiger partial charge in [0, 0.05) is 11.6 Å². The predicted molar refractivity (Wildman–Crippen MR) is 132 cm³/mol. The molecular weight excluding hydrogens is 540 g/mol. The Kier molecular flexibility index (Phi) is 8.06. The zero-order valence-electron chi connectivity index (χ0n) is 20.6. The van der Waals surface area contributed by atoms with Crippen LogP contribution in [0.15, 0.2) is 66.9 Å². The molecule has 0 radical (unpaired) electrons. The summed E-state index contributed by atoms with van der Waals surface area (Å²) in [4.78, 5) is 15.5. The van der Waals surface area contributed by atoms with Crippen molar-refractivity contribution in [3.63, 3.8) is 0 Å². The zero-order valence-corrected chi connectivity index (χ0v) is 20.6. The highest BCUT2D eigenvalue weighted by Crippen LogP contribution is 2.31. The third-order valence-corrected chi connectivity index (χ3v) is 6.11. The van der Waals surface area contributed by atoms with Crippen molar-refractivity contribution in [2.45, 2.75) is 31.8 Å². The maximum absolute atomic E-state index is 13.3. The molecule has 4 rings (SSSR count). The Labute approximate surface area is 224 Å². The van der Waals surface area contributed by atoms with Gasteiger partial charge in [-0.2, -0.15) is 36.3 Å². The first-order valence-electron chi connectivity index (χ1n) is 11.8. The van der Waals surface area contributed by atoms with Crippen molar-refractivity contribution in [2.24, 2.45) is 5.73 Å². The molecule has 0 saturated heterocycles. The Morgan fingerprint density at radius 3 is 2.42 bits per heavy atom. The van der Waals surface area contributed by atoms with E-state index in [1.54, 1.807) is 18.2 Å². The number of nitrogens with zero attached hydrogens (tertiary/aromatic N) is 2. The van der Waals surface area contributed by atoms with Gasteiger partial charge in [0.2, 0.25) is 0 Å². The van der Waals surface area contributed by atoms with E-state index in [0.29, 0.717) is 50.1 Å². The van der Waals surface area contributed by atoms with Crippen molar-refractivity contribution in [2.75, 3.05) is 6.54 Å². The second-order valence-electron chi connectivity index (χ2n) is 8.78. The van der Waals surface area contributed by atoms with Gasteiger partial charge < -0.3 is 15.3 Å². The monoisotopic (exact) mass is 561 g/mol. The number of rotatable bonds is 8. The van der Waals surface area contributed by atoms with Gasteiger partial charge in [-0.05, 0) is 78.0 Å². The molecule has 2 N–H and O–H groups in total. The Morgan fingerprint density at radius 2 is 1.75 bits per heavy atom. The fraction of sp³-hybridized carbons (Fsp3) is 0.214. The van der Waals surface area contributed by atoms with Crippen LogP contribution < -0.4 is 15.3 Å². The minimum Gasteiger partial charge on any atom is -0.489 e. The SMILES string of the molecule is N#Cc1ccc(COc2ccc3c(ccn3OC(=O)C(F)(F)F)c2)c(Cc2cccc(C(F)(F)F)c2)c1CCN. The molecule has 0 aliphatic carbocycles. The summed E-state index contributed by atoms with van der Waals surface area (Å²) in [5.41, 5.74) is 7.77. The Morgan fingerprint density at radius 1 is 0.975 bits per heavy atom. The summed E-state index contributed by atoms with van der Waals surface area (Å²) >= 11 is 0. The molecule has 0 aliphatic rings. The van der Waals surface area contributed by atoms with Crippen molar-refractivity contribution in [3.05, 3.63) is 100 Å². The van der Waals surface area contributed by atoms with Crippen LogP contribution in [0, 0.1) is 11.3 Å². The number of alkyl halides is 6. The van der Waals surface area contributed by atoms with E-state index in [2.05, 4.69) is 10.9 Å². The van der Waals surface area contributed by atoms with Crippen LogP contribution in [-0.4, -0.2) is 23.4 Å². The van der Waals surface area contributed by atoms with Crippen molar-refractivity contribution in [1.82, 2.24) is 4.73 Å². The molecule has 1 heterocycles. The number of hydrogen-bond donors (Lipinski definition) is 1. The molecule has 0 bridgehead atoms. The molecule has 1 aromatic heterocycles. The van der Waals surface area contributed by atoms with E-state index in [1.807, 2.05) is 0 Å². The maximum atomic E-state index is 13.3. The van der Waals surface area contributed by atoms with Gasteiger partial charge in [0.05, 0.1) is 22.7 Å². The lowest BCUT2D eigenvalue weighted by molar-refractivity contribution is -0.199. The minimum absolute atomic E-state index is 0.0210. The summed E-state index contributed by atoms with van der Waals surface area (Å²) in [7, 11) is 0. The van der Waals surface area contributed by atoms with Crippen LogP contribution in [0.5, 0.6) is 5.75 Å². The highest BCUT2D eigenvalue weighted by molar-refractivity contribution is 5.83. The number of carbonyl (C=O) groups excluding carboxylic acids is 1. The van der Waals surface area contributed by atoms with Crippen molar-refractivity contribution < 1.29 is 40.7 Å². The molecule has 208 valence electrons. The topological polar surface area (TPSA) is 90.3 Å². The third-order valence-electron chi connectivity index (χ3n) is 6.11. The van der Waals surface area contributed by atoms with Gasteiger partial charge >= 0.3 is 18.3 Å². The number of benzene rings is 3. The molecule has 6 nitrogen and oxygen atoms in total. The summed E-state index contributed by atoms with van der Waals surface area (Å²) in [5.74, 6) is -2.03. The lowest BCUT2D eigenvalue weighted by Crippen LogP contribution is -2.32. The number of fused-ring (bicyclic) bond motifs is 1. The lowest BCUT2D eigenvalue weighted by atomic mass is 9.89. The van der Waals surface area contributed by atoms with Crippen LogP contribution in [0.1, 0.15) is 33.4 Å². The van der Waals surface area contributed by atoms with Gasteiger partial charge in [0.1, 0.15) is 12.4 Å². The summed E-state index contributed by atoms with van der Waals surface area (Å²) in [6.07, 6.45) is -8.10. The largest absolute Gasteiger partial charge is 0.493 e. The Bertz CT molecular complexity index is 1590. The molecule has 4 aromatic rings. The van der Waals surface area contributed by atoms with Crippen LogP contribution in [0.4, 0.5) is 26.3 Å². The average molecular weight is 561 g/mol. The third kappa shape index (κ3) is 6.38. The van der Waals surface area contributed by atoms with E-state index in [-0.39, 0.29) is 25.1 Å². The van der Waals surface area contributed by atoms with E-state index in [4.69, 9.17) is 10.5 Å². The summed E-state index contributed by atoms with van der Waals surface area (Å²) in [6.45, 7) is 0.188. The molecule has 0 fully saturated rings. The highest BCUT2D eigenvalue weighted by atomic mass is 19.4. The van der Waals surface area contributed by atoms with Crippen LogP contribution in [0.3, 0.4) is 0 Å². The number of nitrogens with two attached hydrogens (primary N) is 1. The Balaban J connectivity index is 1.62. The van der Waals surface area contributed by atoms with Crippen LogP contribution in [0.25, 0.3) is 10.9 Å². The quantitative estimate of drug-likeness (QED) is 0.278. The van der Waals surface area contributed by atoms with E-state index >= 15 is 0 Å². The first-order chi connectivity index (χ1) is 18.9. The maximum Gasteiger partial charge on any atom is 0.493 e. The molecule has 12 heteroatoms. The number of hydrogen-bond acceptors (Lipinski definition) is 5.